The van der Waals surface area contributed by atoms with Gasteiger partial charge in [-0.05, 0) is 67.5 Å². The molecule has 1 aromatic carbocycles. The van der Waals surface area contributed by atoms with Crippen molar-refractivity contribution in [3.63, 3.8) is 0 Å². The molecule has 3 nitrogen and oxygen atoms in total. The van der Waals surface area contributed by atoms with Crippen molar-refractivity contribution < 1.29 is 4.39 Å². The summed E-state index contributed by atoms with van der Waals surface area (Å²) in [5, 5.41) is 0. The van der Waals surface area contributed by atoms with Crippen LogP contribution in [0.4, 0.5) is 4.39 Å². The van der Waals surface area contributed by atoms with E-state index in [1.54, 1.807) is 6.07 Å². The molecule has 0 aliphatic carbocycles. The lowest BCUT2D eigenvalue weighted by Gasteiger charge is -2.42. The summed E-state index contributed by atoms with van der Waals surface area (Å²) in [4.78, 5) is 2.18. The van der Waals surface area contributed by atoms with Crippen LogP contribution < -0.4 is 11.3 Å². The van der Waals surface area contributed by atoms with Gasteiger partial charge in [0.2, 0.25) is 0 Å². The van der Waals surface area contributed by atoms with Crippen LogP contribution in [0.1, 0.15) is 25.8 Å². The Morgan fingerprint density at radius 2 is 2.11 bits per heavy atom. The Morgan fingerprint density at radius 1 is 1.47 bits per heavy atom. The smallest absolute Gasteiger partial charge is 0.137 e. The predicted molar refractivity (Wildman–Crippen MR) is 81.3 cm³/mol. The van der Waals surface area contributed by atoms with Crippen molar-refractivity contribution in [1.29, 1.82) is 0 Å². The highest BCUT2D eigenvalue weighted by atomic mass is 79.9. The lowest BCUT2D eigenvalue weighted by atomic mass is 9.84. The summed E-state index contributed by atoms with van der Waals surface area (Å²) in [5.41, 5.74) is 3.90. The molecule has 2 atom stereocenters. The van der Waals surface area contributed by atoms with Crippen LogP contribution in [0.3, 0.4) is 0 Å². The highest BCUT2D eigenvalue weighted by Crippen LogP contribution is 2.25. The van der Waals surface area contributed by atoms with E-state index in [-0.39, 0.29) is 17.4 Å². The third kappa shape index (κ3) is 3.75. The average Bonchev–Trinajstić information content (AvgIpc) is 2.38. The van der Waals surface area contributed by atoms with E-state index in [2.05, 4.69) is 54.2 Å². The minimum absolute atomic E-state index is 0.0599. The second kappa shape index (κ2) is 6.79. The average molecular weight is 332 g/mol. The number of nitrogens with two attached hydrogens (primary N) is 1. The van der Waals surface area contributed by atoms with Crippen molar-refractivity contribution in [3.05, 3.63) is 34.1 Å². The Labute approximate surface area is 123 Å². The third-order valence-corrected chi connectivity index (χ3v) is 4.72. The maximum atomic E-state index is 13.3. The molecule has 0 radical (unpaired) electrons. The van der Waals surface area contributed by atoms with E-state index in [0.29, 0.717) is 4.47 Å². The van der Waals surface area contributed by atoms with E-state index >= 15 is 0 Å². The van der Waals surface area contributed by atoms with E-state index in [9.17, 15) is 4.39 Å². The zero-order valence-corrected chi connectivity index (χ0v) is 13.6. The monoisotopic (exact) mass is 331 g/mol. The number of halogens is 2. The first-order valence-corrected chi connectivity index (χ1v) is 7.22. The largest absolute Gasteiger partial charge is 0.302 e. The Bertz CT molecular complexity index is 425. The molecule has 0 saturated heterocycles. The van der Waals surface area contributed by atoms with Crippen LogP contribution >= 0.6 is 15.9 Å². The molecule has 0 spiro atoms. The second-order valence-corrected chi connectivity index (χ2v) is 6.13. The summed E-state index contributed by atoms with van der Waals surface area (Å²) in [5.74, 6) is 5.48. The van der Waals surface area contributed by atoms with Gasteiger partial charge in [0.05, 0.1) is 4.47 Å². The van der Waals surface area contributed by atoms with Crippen molar-refractivity contribution in [2.75, 3.05) is 14.1 Å². The van der Waals surface area contributed by atoms with Gasteiger partial charge in [-0.1, -0.05) is 13.0 Å². The molecular formula is C14H23BrFN3. The summed E-state index contributed by atoms with van der Waals surface area (Å²) >= 11 is 3.22. The second-order valence-electron chi connectivity index (χ2n) is 5.28. The van der Waals surface area contributed by atoms with Gasteiger partial charge in [-0.15, -0.1) is 0 Å². The summed E-state index contributed by atoms with van der Waals surface area (Å²) in [7, 11) is 4.10. The number of rotatable bonds is 6. The maximum absolute atomic E-state index is 13.3. The predicted octanol–water partition coefficient (Wildman–Crippen LogP) is 2.69. The Morgan fingerprint density at radius 3 is 2.53 bits per heavy atom. The van der Waals surface area contributed by atoms with Crippen LogP contribution in [0.2, 0.25) is 0 Å². The van der Waals surface area contributed by atoms with Gasteiger partial charge in [-0.3, -0.25) is 11.3 Å². The maximum Gasteiger partial charge on any atom is 0.137 e. The van der Waals surface area contributed by atoms with Gasteiger partial charge in [0.1, 0.15) is 5.82 Å². The van der Waals surface area contributed by atoms with Crippen LogP contribution in [0.15, 0.2) is 22.7 Å². The van der Waals surface area contributed by atoms with Crippen molar-refractivity contribution >= 4 is 15.9 Å². The zero-order chi connectivity index (χ0) is 14.6. The van der Waals surface area contributed by atoms with Gasteiger partial charge in [0.25, 0.3) is 0 Å². The molecule has 0 aromatic heterocycles. The first-order valence-electron chi connectivity index (χ1n) is 6.42. The van der Waals surface area contributed by atoms with Crippen LogP contribution in [-0.4, -0.2) is 30.6 Å². The summed E-state index contributed by atoms with van der Waals surface area (Å²) in [6.45, 7) is 4.32. The van der Waals surface area contributed by atoms with Crippen LogP contribution in [0, 0.1) is 5.82 Å². The number of hydrogen-bond donors (Lipinski definition) is 2. The van der Waals surface area contributed by atoms with Crippen LogP contribution in [0.25, 0.3) is 0 Å². The highest BCUT2D eigenvalue weighted by Gasteiger charge is 2.34. The van der Waals surface area contributed by atoms with Crippen molar-refractivity contribution in [2.24, 2.45) is 5.84 Å². The van der Waals surface area contributed by atoms with E-state index < -0.39 is 0 Å². The number of benzene rings is 1. The molecule has 0 aliphatic heterocycles. The molecule has 3 N–H and O–H groups in total. The van der Waals surface area contributed by atoms with Gasteiger partial charge in [0, 0.05) is 11.6 Å². The zero-order valence-electron chi connectivity index (χ0n) is 12.0. The van der Waals surface area contributed by atoms with Gasteiger partial charge in [0.15, 0.2) is 0 Å². The molecule has 5 heteroatoms. The van der Waals surface area contributed by atoms with Gasteiger partial charge in [-0.25, -0.2) is 4.39 Å². The fourth-order valence-electron chi connectivity index (χ4n) is 2.23. The van der Waals surface area contributed by atoms with Crippen molar-refractivity contribution in [3.8, 4) is 0 Å². The molecule has 19 heavy (non-hydrogen) atoms. The van der Waals surface area contributed by atoms with E-state index in [1.807, 2.05) is 6.07 Å². The Hall–Kier alpha value is -0.490. The van der Waals surface area contributed by atoms with E-state index in [4.69, 9.17) is 5.84 Å². The highest BCUT2D eigenvalue weighted by molar-refractivity contribution is 9.10. The van der Waals surface area contributed by atoms with Crippen molar-refractivity contribution in [1.82, 2.24) is 10.3 Å². The Kier molecular flexibility index (Phi) is 5.92. The topological polar surface area (TPSA) is 41.3 Å². The molecule has 0 amide bonds. The van der Waals surface area contributed by atoms with E-state index in [0.717, 1.165) is 18.4 Å². The fraction of sp³-hybridized carbons (Fsp3) is 0.571. The SMILES string of the molecule is CCC(C)(C(Cc1ccc(F)c(Br)c1)NN)N(C)C. The molecule has 0 bridgehead atoms. The third-order valence-electron chi connectivity index (χ3n) is 4.11. The minimum atomic E-state index is -0.244. The molecule has 0 fully saturated rings. The molecule has 0 heterocycles. The molecule has 1 rings (SSSR count). The molecule has 0 aliphatic rings. The normalized spacial score (nSPS) is 16.4. The lowest BCUT2D eigenvalue weighted by Crippen LogP contribution is -2.59. The number of hydrazine groups is 1. The molecular weight excluding hydrogens is 309 g/mol. The van der Waals surface area contributed by atoms with Gasteiger partial charge < -0.3 is 4.90 Å². The Balaban J connectivity index is 2.95. The van der Waals surface area contributed by atoms with Crippen LogP contribution in [-0.2, 0) is 6.42 Å². The molecule has 108 valence electrons. The first kappa shape index (κ1) is 16.6. The molecule has 1 aromatic rings. The summed E-state index contributed by atoms with van der Waals surface area (Å²) < 4.78 is 13.7. The first-order chi connectivity index (χ1) is 8.85. The van der Waals surface area contributed by atoms with Gasteiger partial charge in [-0.2, -0.15) is 0 Å². The van der Waals surface area contributed by atoms with Crippen LogP contribution in [0.5, 0.6) is 0 Å². The minimum Gasteiger partial charge on any atom is -0.302 e. The number of nitrogens with zero attached hydrogens (tertiary/aromatic N) is 1. The summed E-state index contributed by atoms with van der Waals surface area (Å²) in [6.07, 6.45) is 1.72. The molecule has 2 unspecified atom stereocenters. The molecule has 0 saturated carbocycles. The van der Waals surface area contributed by atoms with E-state index in [1.165, 1.54) is 6.07 Å². The number of hydrogen-bond acceptors (Lipinski definition) is 3. The fourth-order valence-corrected chi connectivity index (χ4v) is 2.66. The lowest BCUT2D eigenvalue weighted by molar-refractivity contribution is 0.112. The van der Waals surface area contributed by atoms with Crippen molar-refractivity contribution in [2.45, 2.75) is 38.3 Å². The summed E-state index contributed by atoms with van der Waals surface area (Å²) in [6, 6.07) is 5.18. The number of nitrogens with one attached hydrogen (secondary N) is 1. The number of likely N-dealkylation sites (N-methyl/N-ethyl adjacent to an activating group) is 1. The van der Waals surface area contributed by atoms with Gasteiger partial charge >= 0.3 is 0 Å². The standard InChI is InChI=1S/C14H23BrFN3/c1-5-14(2,19(3)4)13(18-17)9-10-6-7-12(16)11(15)8-10/h6-8,13,18H,5,9,17H2,1-4H3. The quantitative estimate of drug-likeness (QED) is 0.622.